The fourth-order valence-corrected chi connectivity index (χ4v) is 2.26. The van der Waals surface area contributed by atoms with Crippen molar-refractivity contribution in [3.05, 3.63) is 64.7 Å². The molecule has 3 aromatic rings. The molecule has 6 heteroatoms. The van der Waals surface area contributed by atoms with Gasteiger partial charge in [0.15, 0.2) is 5.82 Å². The van der Waals surface area contributed by atoms with Crippen LogP contribution in [0.5, 0.6) is 0 Å². The van der Waals surface area contributed by atoms with E-state index in [1.807, 2.05) is 0 Å². The predicted molar refractivity (Wildman–Crippen MR) is 76.8 cm³/mol. The zero-order chi connectivity index (χ0) is 14.1. The molecule has 0 saturated heterocycles. The molecule has 0 bridgehead atoms. The van der Waals surface area contributed by atoms with E-state index in [2.05, 4.69) is 10.1 Å². The fraction of sp³-hybridized carbons (Fsp3) is 0. The monoisotopic (exact) mass is 307 g/mol. The zero-order valence-corrected chi connectivity index (χ0v) is 11.6. The summed E-state index contributed by atoms with van der Waals surface area (Å²) in [7, 11) is 0. The minimum Gasteiger partial charge on any atom is -0.187 e. The Kier molecular flexibility index (Phi) is 3.42. The van der Waals surface area contributed by atoms with E-state index in [0.29, 0.717) is 21.3 Å². The highest BCUT2D eigenvalue weighted by atomic mass is 35.5. The number of rotatable bonds is 2. The lowest BCUT2D eigenvalue weighted by Gasteiger charge is -2.02. The highest BCUT2D eigenvalue weighted by molar-refractivity contribution is 6.33. The molecule has 0 aliphatic rings. The van der Waals surface area contributed by atoms with Gasteiger partial charge in [0, 0.05) is 5.56 Å². The van der Waals surface area contributed by atoms with Gasteiger partial charge < -0.3 is 0 Å². The van der Waals surface area contributed by atoms with Gasteiger partial charge in [0.1, 0.15) is 0 Å². The van der Waals surface area contributed by atoms with Crippen LogP contribution in [0.3, 0.4) is 0 Å². The van der Waals surface area contributed by atoms with Gasteiger partial charge in [0.25, 0.3) is 0 Å². The number of benzene rings is 2. The largest absolute Gasteiger partial charge is 0.312 e. The predicted octanol–water partition coefficient (Wildman–Crippen LogP) is 4.38. The first-order chi connectivity index (χ1) is 9.66. The minimum atomic E-state index is -0.743. The molecule has 3 nitrogen and oxygen atoms in total. The van der Waals surface area contributed by atoms with Gasteiger partial charge in [-0.25, -0.2) is 0 Å². The molecule has 0 unspecified atom stereocenters. The Hall–Kier alpha value is -1.91. The maximum Gasteiger partial charge on any atom is 0.312 e. The van der Waals surface area contributed by atoms with Crippen LogP contribution in [0.25, 0.3) is 17.1 Å². The SMILES string of the molecule is Fc1nc(-c2ccccc2Cl)nn1-c1ccccc1Cl. The van der Waals surface area contributed by atoms with Gasteiger partial charge in [0.2, 0.25) is 0 Å². The van der Waals surface area contributed by atoms with E-state index in [1.54, 1.807) is 48.5 Å². The molecule has 0 radical (unpaired) electrons. The number of nitrogens with zero attached hydrogens (tertiary/aromatic N) is 3. The summed E-state index contributed by atoms with van der Waals surface area (Å²) in [6.45, 7) is 0. The smallest absolute Gasteiger partial charge is 0.187 e. The first kappa shape index (κ1) is 13.1. The van der Waals surface area contributed by atoms with Crippen LogP contribution in [0.2, 0.25) is 10.0 Å². The number of hydrogen-bond acceptors (Lipinski definition) is 2. The van der Waals surface area contributed by atoms with Crippen LogP contribution in [0.15, 0.2) is 48.5 Å². The molecular weight excluding hydrogens is 300 g/mol. The molecule has 3 rings (SSSR count). The summed E-state index contributed by atoms with van der Waals surface area (Å²) >= 11 is 12.1. The second kappa shape index (κ2) is 5.23. The average molecular weight is 308 g/mol. The normalized spacial score (nSPS) is 10.8. The number of hydrogen-bond donors (Lipinski definition) is 0. The van der Waals surface area contributed by atoms with Gasteiger partial charge in [-0.2, -0.15) is 14.1 Å². The maximum atomic E-state index is 14.0. The lowest BCUT2D eigenvalue weighted by atomic mass is 10.2. The van der Waals surface area contributed by atoms with Crippen LogP contribution in [0, 0.1) is 6.08 Å². The highest BCUT2D eigenvalue weighted by Gasteiger charge is 2.15. The molecular formula is C14H8Cl2FN3. The molecule has 0 aliphatic carbocycles. The molecule has 0 atom stereocenters. The van der Waals surface area contributed by atoms with Crippen molar-refractivity contribution < 1.29 is 4.39 Å². The van der Waals surface area contributed by atoms with Crippen molar-refractivity contribution in [1.82, 2.24) is 14.8 Å². The zero-order valence-electron chi connectivity index (χ0n) is 10.1. The molecule has 0 aliphatic heterocycles. The Morgan fingerprint density at radius 1 is 0.900 bits per heavy atom. The molecule has 2 aromatic carbocycles. The topological polar surface area (TPSA) is 30.7 Å². The van der Waals surface area contributed by atoms with Crippen LogP contribution < -0.4 is 0 Å². The summed E-state index contributed by atoms with van der Waals surface area (Å²) in [4.78, 5) is 3.80. The van der Waals surface area contributed by atoms with Crippen molar-refractivity contribution in [3.63, 3.8) is 0 Å². The standard InChI is InChI=1S/C14H8Cl2FN3/c15-10-6-2-1-5-9(10)13-18-14(17)20(19-13)12-8-4-3-7-11(12)16/h1-8H. The summed E-state index contributed by atoms with van der Waals surface area (Å²) in [6.07, 6.45) is -0.743. The fourth-order valence-electron chi connectivity index (χ4n) is 1.83. The minimum absolute atomic E-state index is 0.216. The van der Waals surface area contributed by atoms with E-state index in [0.717, 1.165) is 4.68 Å². The molecule has 0 spiro atoms. The van der Waals surface area contributed by atoms with Gasteiger partial charge >= 0.3 is 6.08 Å². The third-order valence-corrected chi connectivity index (χ3v) is 3.41. The Bertz CT molecular complexity index is 771. The van der Waals surface area contributed by atoms with E-state index in [4.69, 9.17) is 23.2 Å². The average Bonchev–Trinajstić information content (AvgIpc) is 2.81. The van der Waals surface area contributed by atoms with Gasteiger partial charge in [-0.3, -0.25) is 0 Å². The Balaban J connectivity index is 2.13. The van der Waals surface area contributed by atoms with Crippen molar-refractivity contribution in [3.8, 4) is 17.1 Å². The molecule has 0 amide bonds. The number of para-hydroxylation sites is 1. The third-order valence-electron chi connectivity index (χ3n) is 2.76. The van der Waals surface area contributed by atoms with E-state index in [9.17, 15) is 4.39 Å². The molecule has 100 valence electrons. The van der Waals surface area contributed by atoms with E-state index >= 15 is 0 Å². The molecule has 0 N–H and O–H groups in total. The first-order valence-corrected chi connectivity index (χ1v) is 6.55. The maximum absolute atomic E-state index is 14.0. The van der Waals surface area contributed by atoms with Crippen molar-refractivity contribution in [2.75, 3.05) is 0 Å². The number of aromatic nitrogens is 3. The van der Waals surface area contributed by atoms with Crippen LogP contribution in [-0.4, -0.2) is 14.8 Å². The van der Waals surface area contributed by atoms with Crippen molar-refractivity contribution in [1.29, 1.82) is 0 Å². The lowest BCUT2D eigenvalue weighted by Crippen LogP contribution is -2.00. The van der Waals surface area contributed by atoms with E-state index in [1.165, 1.54) is 0 Å². The summed E-state index contributed by atoms with van der Waals surface area (Å²) < 4.78 is 15.0. The first-order valence-electron chi connectivity index (χ1n) is 5.79. The van der Waals surface area contributed by atoms with E-state index in [-0.39, 0.29) is 5.82 Å². The van der Waals surface area contributed by atoms with Crippen LogP contribution in [-0.2, 0) is 0 Å². The van der Waals surface area contributed by atoms with Gasteiger partial charge in [-0.05, 0) is 24.3 Å². The van der Waals surface area contributed by atoms with Crippen molar-refractivity contribution in [2.24, 2.45) is 0 Å². The second-order valence-electron chi connectivity index (χ2n) is 4.05. The molecule has 0 saturated carbocycles. The Morgan fingerprint density at radius 2 is 1.55 bits per heavy atom. The second-order valence-corrected chi connectivity index (χ2v) is 4.86. The van der Waals surface area contributed by atoms with Gasteiger partial charge in [-0.1, -0.05) is 47.5 Å². The highest BCUT2D eigenvalue weighted by Crippen LogP contribution is 2.27. The molecule has 1 heterocycles. The number of halogens is 3. The molecule has 1 aromatic heterocycles. The third kappa shape index (κ3) is 2.28. The summed E-state index contributed by atoms with van der Waals surface area (Å²) in [5, 5.41) is 4.99. The lowest BCUT2D eigenvalue weighted by molar-refractivity contribution is 0.506. The Morgan fingerprint density at radius 3 is 2.25 bits per heavy atom. The van der Waals surface area contributed by atoms with E-state index < -0.39 is 6.08 Å². The van der Waals surface area contributed by atoms with Crippen molar-refractivity contribution in [2.45, 2.75) is 0 Å². The van der Waals surface area contributed by atoms with Gasteiger partial charge in [0.05, 0.1) is 15.7 Å². The van der Waals surface area contributed by atoms with Crippen LogP contribution in [0.4, 0.5) is 4.39 Å². The van der Waals surface area contributed by atoms with Crippen LogP contribution >= 0.6 is 23.2 Å². The van der Waals surface area contributed by atoms with Gasteiger partial charge in [-0.15, -0.1) is 5.10 Å². The van der Waals surface area contributed by atoms with Crippen LogP contribution in [0.1, 0.15) is 0 Å². The Labute approximate surface area is 124 Å². The van der Waals surface area contributed by atoms with Crippen molar-refractivity contribution >= 4 is 23.2 Å². The summed E-state index contributed by atoms with van der Waals surface area (Å²) in [6, 6.07) is 13.8. The quantitative estimate of drug-likeness (QED) is 0.703. The summed E-state index contributed by atoms with van der Waals surface area (Å²) in [5.74, 6) is 0.216. The molecule has 20 heavy (non-hydrogen) atoms. The summed E-state index contributed by atoms with van der Waals surface area (Å²) in [5.41, 5.74) is 0.997. The molecule has 0 fully saturated rings.